The Morgan fingerprint density at radius 2 is 1.81 bits per heavy atom. The van der Waals surface area contributed by atoms with Gasteiger partial charge in [0, 0.05) is 5.56 Å². The van der Waals surface area contributed by atoms with Crippen molar-refractivity contribution in [2.75, 3.05) is 0 Å². The highest BCUT2D eigenvalue weighted by molar-refractivity contribution is 7.71. The number of halogens is 1. The fourth-order valence-corrected chi connectivity index (χ4v) is 3.25. The zero-order chi connectivity index (χ0) is 18.4. The minimum atomic E-state index is -1.07. The molecule has 26 heavy (non-hydrogen) atoms. The van der Waals surface area contributed by atoms with E-state index in [9.17, 15) is 19.1 Å². The van der Waals surface area contributed by atoms with E-state index in [2.05, 4.69) is 4.98 Å². The second kappa shape index (κ2) is 5.92. The molecule has 0 unspecified atom stereocenters. The number of H-pyrrole nitrogens is 1. The summed E-state index contributed by atoms with van der Waals surface area (Å²) in [6.45, 7) is 0. The van der Waals surface area contributed by atoms with Gasteiger partial charge in [-0.15, -0.1) is 0 Å². The quantitative estimate of drug-likeness (QED) is 0.535. The van der Waals surface area contributed by atoms with Crippen LogP contribution in [0.15, 0.2) is 53.3 Å². The van der Waals surface area contributed by atoms with Crippen molar-refractivity contribution in [2.24, 2.45) is 0 Å². The summed E-state index contributed by atoms with van der Waals surface area (Å²) in [6, 6.07) is 11.8. The molecule has 0 radical (unpaired) electrons. The predicted molar refractivity (Wildman–Crippen MR) is 92.5 cm³/mol. The third-order valence-electron chi connectivity index (χ3n) is 4.16. The van der Waals surface area contributed by atoms with Crippen molar-refractivity contribution in [1.82, 2.24) is 9.55 Å². The van der Waals surface area contributed by atoms with Crippen LogP contribution in [0.3, 0.4) is 0 Å². The molecule has 0 fully saturated rings. The van der Waals surface area contributed by atoms with Crippen LogP contribution in [-0.4, -0.2) is 20.6 Å². The third-order valence-corrected chi connectivity index (χ3v) is 4.44. The van der Waals surface area contributed by atoms with Crippen molar-refractivity contribution < 1.29 is 19.0 Å². The monoisotopic (exact) mass is 370 g/mol. The summed E-state index contributed by atoms with van der Waals surface area (Å²) in [4.78, 5) is 27.0. The summed E-state index contributed by atoms with van der Waals surface area (Å²) < 4.78 is 19.6. The molecule has 0 amide bonds. The zero-order valence-corrected chi connectivity index (χ0v) is 13.9. The highest BCUT2D eigenvalue weighted by atomic mass is 32.1. The number of hydrogen-bond donors (Lipinski definition) is 2. The van der Waals surface area contributed by atoms with Gasteiger partial charge in [-0.2, -0.15) is 0 Å². The van der Waals surface area contributed by atoms with Gasteiger partial charge in [0.25, 0.3) is 5.56 Å². The molecule has 2 aromatic carbocycles. The van der Waals surface area contributed by atoms with Gasteiger partial charge in [0.1, 0.15) is 11.4 Å². The molecule has 1 aliphatic rings. The maximum absolute atomic E-state index is 13.2. The number of aromatic amines is 1. The second-order valence-electron chi connectivity index (χ2n) is 5.68. The van der Waals surface area contributed by atoms with Gasteiger partial charge in [-0.25, -0.2) is 9.18 Å². The molecule has 130 valence electrons. The normalized spacial score (nSPS) is 15.6. The van der Waals surface area contributed by atoms with Crippen LogP contribution in [0.5, 0.6) is 5.88 Å². The van der Waals surface area contributed by atoms with E-state index in [1.54, 1.807) is 24.3 Å². The van der Waals surface area contributed by atoms with Crippen molar-refractivity contribution in [3.63, 3.8) is 0 Å². The smallest absolute Gasteiger partial charge is 0.339 e. The Morgan fingerprint density at radius 3 is 2.54 bits per heavy atom. The topological polar surface area (TPSA) is 84.3 Å². The molecule has 3 aromatic rings. The largest absolute Gasteiger partial charge is 0.494 e. The molecule has 0 aliphatic carbocycles. The van der Waals surface area contributed by atoms with Crippen LogP contribution >= 0.6 is 12.2 Å². The van der Waals surface area contributed by atoms with Crippen molar-refractivity contribution in [1.29, 1.82) is 0 Å². The number of carbonyl (C=O) groups excluding carboxylic acids is 1. The first kappa shape index (κ1) is 16.2. The number of nitrogens with one attached hydrogen (secondary N) is 1. The predicted octanol–water partition coefficient (Wildman–Crippen LogP) is 3.00. The first-order valence-electron chi connectivity index (χ1n) is 7.61. The average Bonchev–Trinajstić information content (AvgIpc) is 2.93. The fourth-order valence-electron chi connectivity index (χ4n) is 2.96. The number of fused-ring (bicyclic) bond motifs is 1. The van der Waals surface area contributed by atoms with Crippen LogP contribution < -0.4 is 5.56 Å². The summed E-state index contributed by atoms with van der Waals surface area (Å²) in [5, 5.41) is 10.7. The Hall–Kier alpha value is -3.26. The molecule has 8 heteroatoms. The highest BCUT2D eigenvalue weighted by Crippen LogP contribution is 2.38. The molecule has 0 bridgehead atoms. The van der Waals surface area contributed by atoms with E-state index < -0.39 is 29.3 Å². The third kappa shape index (κ3) is 2.42. The van der Waals surface area contributed by atoms with Crippen LogP contribution in [0.4, 0.5) is 4.39 Å². The Balaban J connectivity index is 1.96. The maximum Gasteiger partial charge on any atom is 0.339 e. The molecular weight excluding hydrogens is 359 g/mol. The number of esters is 1. The number of hydrogen-bond acceptors (Lipinski definition) is 5. The number of ether oxygens (including phenoxy) is 1. The van der Waals surface area contributed by atoms with Crippen LogP contribution in [-0.2, 0) is 4.74 Å². The lowest BCUT2D eigenvalue weighted by atomic mass is 10.0. The lowest BCUT2D eigenvalue weighted by Crippen LogP contribution is -2.21. The minimum absolute atomic E-state index is 0.0690. The Bertz CT molecular complexity index is 1150. The summed E-state index contributed by atoms with van der Waals surface area (Å²) in [5.74, 6) is -1.51. The lowest BCUT2D eigenvalue weighted by Gasteiger charge is -2.16. The van der Waals surface area contributed by atoms with Gasteiger partial charge in [-0.05, 0) is 42.5 Å². The second-order valence-corrected chi connectivity index (χ2v) is 6.07. The molecule has 0 saturated carbocycles. The number of aromatic hydroxyl groups is 1. The minimum Gasteiger partial charge on any atom is -0.494 e. The van der Waals surface area contributed by atoms with E-state index in [0.29, 0.717) is 16.8 Å². The Labute approximate surface area is 151 Å². The van der Waals surface area contributed by atoms with Crippen LogP contribution in [0.25, 0.3) is 5.69 Å². The van der Waals surface area contributed by atoms with Crippen molar-refractivity contribution >= 4 is 18.2 Å². The molecule has 2 N–H and O–H groups in total. The van der Waals surface area contributed by atoms with Crippen LogP contribution in [0.2, 0.25) is 0 Å². The Morgan fingerprint density at radius 1 is 1.12 bits per heavy atom. The van der Waals surface area contributed by atoms with Gasteiger partial charge < -0.3 is 9.84 Å². The van der Waals surface area contributed by atoms with E-state index in [-0.39, 0.29) is 10.3 Å². The number of carbonyl (C=O) groups is 1. The number of nitrogens with zero attached hydrogens (tertiary/aromatic N) is 1. The van der Waals surface area contributed by atoms with Gasteiger partial charge in [0.15, 0.2) is 10.9 Å². The van der Waals surface area contributed by atoms with Crippen molar-refractivity contribution in [3.8, 4) is 11.6 Å². The molecular formula is C18H11FN2O4S. The van der Waals surface area contributed by atoms with Gasteiger partial charge in [-0.1, -0.05) is 18.2 Å². The van der Waals surface area contributed by atoms with E-state index in [1.165, 1.54) is 28.8 Å². The summed E-state index contributed by atoms with van der Waals surface area (Å²) in [6.07, 6.45) is -1.07. The molecule has 1 atom stereocenters. The standard InChI is InChI=1S/C18H11FN2O4S/c19-9-5-7-10(8-6-9)21-16(23)13(15(22)20-18(21)26)14-11-3-1-2-4-12(11)17(24)25-14/h1-8,14,23H,(H,20,22,26)/t14-/m1/s1. The zero-order valence-electron chi connectivity index (χ0n) is 13.1. The molecule has 1 aromatic heterocycles. The molecule has 2 heterocycles. The van der Waals surface area contributed by atoms with Gasteiger partial charge >= 0.3 is 5.97 Å². The summed E-state index contributed by atoms with van der Waals surface area (Å²) >= 11 is 5.12. The molecule has 4 rings (SSSR count). The first-order valence-corrected chi connectivity index (χ1v) is 8.02. The van der Waals surface area contributed by atoms with Gasteiger partial charge in [0.05, 0.1) is 11.3 Å². The average molecular weight is 370 g/mol. The molecule has 1 aliphatic heterocycles. The number of rotatable bonds is 2. The van der Waals surface area contributed by atoms with Gasteiger partial charge in [0.2, 0.25) is 5.88 Å². The first-order chi connectivity index (χ1) is 12.5. The van der Waals surface area contributed by atoms with Crippen LogP contribution in [0, 0.1) is 10.6 Å². The van der Waals surface area contributed by atoms with Crippen molar-refractivity contribution in [3.05, 3.63) is 86.2 Å². The number of aromatic nitrogens is 2. The number of benzene rings is 2. The fraction of sp³-hybridized carbons (Fsp3) is 0.0556. The highest BCUT2D eigenvalue weighted by Gasteiger charge is 2.36. The number of cyclic esters (lactones) is 1. The Kier molecular flexibility index (Phi) is 3.69. The van der Waals surface area contributed by atoms with Gasteiger partial charge in [-0.3, -0.25) is 14.3 Å². The SMILES string of the molecule is O=C1O[C@@H](c2c(O)n(-c3ccc(F)cc3)c(=S)[nH]c2=O)c2ccccc21. The molecule has 0 spiro atoms. The summed E-state index contributed by atoms with van der Waals surface area (Å²) in [5.41, 5.74) is 0.332. The lowest BCUT2D eigenvalue weighted by molar-refractivity contribution is 0.0449. The van der Waals surface area contributed by atoms with E-state index in [4.69, 9.17) is 17.0 Å². The van der Waals surface area contributed by atoms with E-state index in [1.807, 2.05) is 0 Å². The van der Waals surface area contributed by atoms with Crippen LogP contribution in [0.1, 0.15) is 27.6 Å². The molecule has 0 saturated heterocycles. The van der Waals surface area contributed by atoms with Crippen molar-refractivity contribution in [2.45, 2.75) is 6.10 Å². The van der Waals surface area contributed by atoms with E-state index in [0.717, 1.165) is 0 Å². The summed E-state index contributed by atoms with van der Waals surface area (Å²) in [7, 11) is 0. The maximum atomic E-state index is 13.2. The van der Waals surface area contributed by atoms with E-state index >= 15 is 0 Å². The molecule has 6 nitrogen and oxygen atoms in total.